The second kappa shape index (κ2) is 6.34. The zero-order valence-electron chi connectivity index (χ0n) is 11.6. The highest BCUT2D eigenvalue weighted by Crippen LogP contribution is 2.26. The first-order chi connectivity index (χ1) is 9.26. The predicted octanol–water partition coefficient (Wildman–Crippen LogP) is 3.05. The number of hydrogen-bond donors (Lipinski definition) is 1. The Labute approximate surface area is 115 Å². The number of aryl methyl sites for hydroxylation is 1. The lowest BCUT2D eigenvalue weighted by Gasteiger charge is -2.24. The molecular formula is C16H21N3. The lowest BCUT2D eigenvalue weighted by Crippen LogP contribution is -2.18. The number of aromatic nitrogens is 1. The molecule has 0 saturated carbocycles. The van der Waals surface area contributed by atoms with Crippen LogP contribution in [0.1, 0.15) is 18.1 Å². The Morgan fingerprint density at radius 1 is 1.16 bits per heavy atom. The molecule has 0 atom stereocenters. The van der Waals surface area contributed by atoms with Crippen LogP contribution in [0.2, 0.25) is 0 Å². The van der Waals surface area contributed by atoms with Crippen LogP contribution in [0.5, 0.6) is 0 Å². The van der Waals surface area contributed by atoms with Gasteiger partial charge in [-0.3, -0.25) is 0 Å². The largest absolute Gasteiger partial charge is 0.330 e. The van der Waals surface area contributed by atoms with Crippen molar-refractivity contribution in [3.8, 4) is 0 Å². The van der Waals surface area contributed by atoms with Crippen molar-refractivity contribution in [1.29, 1.82) is 0 Å². The van der Waals surface area contributed by atoms with Crippen molar-refractivity contribution in [3.63, 3.8) is 0 Å². The summed E-state index contributed by atoms with van der Waals surface area (Å²) < 4.78 is 0. The van der Waals surface area contributed by atoms with Crippen LogP contribution >= 0.6 is 0 Å². The van der Waals surface area contributed by atoms with Gasteiger partial charge in [0.1, 0.15) is 5.82 Å². The Balaban J connectivity index is 2.29. The summed E-state index contributed by atoms with van der Waals surface area (Å²) in [6.45, 7) is 5.83. The summed E-state index contributed by atoms with van der Waals surface area (Å²) in [5.74, 6) is 0.984. The zero-order chi connectivity index (χ0) is 13.7. The van der Waals surface area contributed by atoms with Crippen LogP contribution < -0.4 is 10.6 Å². The van der Waals surface area contributed by atoms with Crippen molar-refractivity contribution in [2.75, 3.05) is 18.0 Å². The first-order valence-corrected chi connectivity index (χ1v) is 6.74. The summed E-state index contributed by atoms with van der Waals surface area (Å²) in [6, 6.07) is 12.6. The normalized spacial score (nSPS) is 10.5. The fourth-order valence-corrected chi connectivity index (χ4v) is 2.21. The molecule has 0 aliphatic rings. The second-order valence-corrected chi connectivity index (χ2v) is 4.59. The number of rotatable bonds is 5. The Morgan fingerprint density at radius 3 is 2.53 bits per heavy atom. The van der Waals surface area contributed by atoms with E-state index in [1.54, 1.807) is 0 Å². The lowest BCUT2D eigenvalue weighted by molar-refractivity contribution is 0.942. The minimum absolute atomic E-state index is 0.663. The van der Waals surface area contributed by atoms with Crippen LogP contribution in [0.3, 0.4) is 0 Å². The Kier molecular flexibility index (Phi) is 4.53. The van der Waals surface area contributed by atoms with E-state index < -0.39 is 0 Å². The molecule has 2 N–H and O–H groups in total. The van der Waals surface area contributed by atoms with Crippen molar-refractivity contribution < 1.29 is 0 Å². The van der Waals surface area contributed by atoms with E-state index in [2.05, 4.69) is 60.1 Å². The molecule has 1 aromatic carbocycles. The van der Waals surface area contributed by atoms with Crippen LogP contribution in [-0.4, -0.2) is 18.1 Å². The van der Waals surface area contributed by atoms with Crippen LogP contribution in [0.25, 0.3) is 0 Å². The van der Waals surface area contributed by atoms with Gasteiger partial charge in [0, 0.05) is 18.4 Å². The van der Waals surface area contributed by atoms with Gasteiger partial charge in [0.25, 0.3) is 0 Å². The molecule has 0 aliphatic carbocycles. The molecule has 0 aliphatic heterocycles. The van der Waals surface area contributed by atoms with Crippen LogP contribution in [0.15, 0.2) is 42.6 Å². The van der Waals surface area contributed by atoms with Crippen LogP contribution in [0.4, 0.5) is 11.5 Å². The molecule has 0 amide bonds. The topological polar surface area (TPSA) is 42.1 Å². The third-order valence-electron chi connectivity index (χ3n) is 3.24. The molecule has 1 heterocycles. The minimum Gasteiger partial charge on any atom is -0.330 e. The van der Waals surface area contributed by atoms with Crippen molar-refractivity contribution in [1.82, 2.24) is 4.98 Å². The van der Waals surface area contributed by atoms with E-state index in [4.69, 9.17) is 5.73 Å². The van der Waals surface area contributed by atoms with Gasteiger partial charge < -0.3 is 10.6 Å². The summed E-state index contributed by atoms with van der Waals surface area (Å²) in [7, 11) is 0. The van der Waals surface area contributed by atoms with Crippen LogP contribution in [-0.2, 0) is 6.42 Å². The number of nitrogens with two attached hydrogens (primary N) is 1. The molecule has 0 unspecified atom stereocenters. The van der Waals surface area contributed by atoms with Crippen molar-refractivity contribution in [2.45, 2.75) is 20.3 Å². The second-order valence-electron chi connectivity index (χ2n) is 4.59. The van der Waals surface area contributed by atoms with E-state index in [1.807, 2.05) is 6.20 Å². The molecule has 19 heavy (non-hydrogen) atoms. The maximum atomic E-state index is 5.56. The summed E-state index contributed by atoms with van der Waals surface area (Å²) in [5, 5.41) is 0. The SMILES string of the molecule is CCN(c1ccc(CCN)cn1)c1ccccc1C. The Morgan fingerprint density at radius 2 is 1.95 bits per heavy atom. The molecule has 2 rings (SSSR count). The highest BCUT2D eigenvalue weighted by molar-refractivity contribution is 5.63. The summed E-state index contributed by atoms with van der Waals surface area (Å²) in [5.41, 5.74) is 9.22. The Hall–Kier alpha value is -1.87. The molecular weight excluding hydrogens is 234 g/mol. The maximum absolute atomic E-state index is 5.56. The third-order valence-corrected chi connectivity index (χ3v) is 3.24. The molecule has 2 aromatic rings. The van der Waals surface area contributed by atoms with Crippen LogP contribution in [0, 0.1) is 6.92 Å². The molecule has 100 valence electrons. The van der Waals surface area contributed by atoms with Gasteiger partial charge in [0.05, 0.1) is 0 Å². The van der Waals surface area contributed by atoms with Gasteiger partial charge in [0.2, 0.25) is 0 Å². The van der Waals surface area contributed by atoms with Gasteiger partial charge in [-0.15, -0.1) is 0 Å². The number of pyridine rings is 1. The minimum atomic E-state index is 0.663. The molecule has 0 radical (unpaired) electrons. The summed E-state index contributed by atoms with van der Waals surface area (Å²) in [4.78, 5) is 6.78. The molecule has 0 spiro atoms. The monoisotopic (exact) mass is 255 g/mol. The van der Waals surface area contributed by atoms with Gasteiger partial charge in [-0.25, -0.2) is 4.98 Å². The highest BCUT2D eigenvalue weighted by atomic mass is 15.2. The molecule has 0 saturated heterocycles. The fraction of sp³-hybridized carbons (Fsp3) is 0.312. The first kappa shape index (κ1) is 13.6. The zero-order valence-corrected chi connectivity index (χ0v) is 11.6. The highest BCUT2D eigenvalue weighted by Gasteiger charge is 2.10. The standard InChI is InChI=1S/C16H21N3/c1-3-19(15-7-5-4-6-13(15)2)16-9-8-14(10-11-17)12-18-16/h4-9,12H,3,10-11,17H2,1-2H3. The van der Waals surface area contributed by atoms with Gasteiger partial charge >= 0.3 is 0 Å². The molecule has 0 bridgehead atoms. The van der Waals surface area contributed by atoms with E-state index >= 15 is 0 Å². The number of benzene rings is 1. The number of hydrogen-bond acceptors (Lipinski definition) is 3. The number of anilines is 2. The molecule has 3 heteroatoms. The molecule has 3 nitrogen and oxygen atoms in total. The van der Waals surface area contributed by atoms with E-state index in [9.17, 15) is 0 Å². The van der Waals surface area contributed by atoms with Crippen molar-refractivity contribution in [3.05, 3.63) is 53.7 Å². The van der Waals surface area contributed by atoms with E-state index in [1.165, 1.54) is 16.8 Å². The Bertz CT molecular complexity index is 520. The number of para-hydroxylation sites is 1. The lowest BCUT2D eigenvalue weighted by atomic mass is 10.1. The average Bonchev–Trinajstić information content (AvgIpc) is 2.44. The summed E-state index contributed by atoms with van der Waals surface area (Å²) in [6.07, 6.45) is 2.80. The summed E-state index contributed by atoms with van der Waals surface area (Å²) >= 11 is 0. The first-order valence-electron chi connectivity index (χ1n) is 6.74. The third kappa shape index (κ3) is 3.12. The van der Waals surface area contributed by atoms with Gasteiger partial charge in [-0.2, -0.15) is 0 Å². The fourth-order valence-electron chi connectivity index (χ4n) is 2.21. The smallest absolute Gasteiger partial charge is 0.132 e. The quantitative estimate of drug-likeness (QED) is 0.893. The average molecular weight is 255 g/mol. The van der Waals surface area contributed by atoms with Crippen molar-refractivity contribution in [2.24, 2.45) is 5.73 Å². The molecule has 0 fully saturated rings. The van der Waals surface area contributed by atoms with Gasteiger partial charge in [-0.1, -0.05) is 24.3 Å². The van der Waals surface area contributed by atoms with Gasteiger partial charge in [-0.05, 0) is 50.1 Å². The van der Waals surface area contributed by atoms with Gasteiger partial charge in [0.15, 0.2) is 0 Å². The van der Waals surface area contributed by atoms with E-state index in [0.717, 1.165) is 18.8 Å². The molecule has 1 aromatic heterocycles. The number of nitrogens with zero attached hydrogens (tertiary/aromatic N) is 2. The maximum Gasteiger partial charge on any atom is 0.132 e. The predicted molar refractivity (Wildman–Crippen MR) is 80.9 cm³/mol. The van der Waals surface area contributed by atoms with E-state index in [-0.39, 0.29) is 0 Å². The van der Waals surface area contributed by atoms with Crippen molar-refractivity contribution >= 4 is 11.5 Å². The van der Waals surface area contributed by atoms with E-state index in [0.29, 0.717) is 6.54 Å².